The lowest BCUT2D eigenvalue weighted by Crippen LogP contribution is -2.34. The summed E-state index contributed by atoms with van der Waals surface area (Å²) in [6.07, 6.45) is 0.747. The third kappa shape index (κ3) is 4.61. The fourth-order valence-corrected chi connectivity index (χ4v) is 2.43. The van der Waals surface area contributed by atoms with E-state index in [-0.39, 0.29) is 12.6 Å². The van der Waals surface area contributed by atoms with Crippen LogP contribution >= 0.6 is 11.3 Å². The van der Waals surface area contributed by atoms with E-state index in [4.69, 9.17) is 9.84 Å². The van der Waals surface area contributed by atoms with Crippen molar-refractivity contribution in [2.45, 2.75) is 32.4 Å². The van der Waals surface area contributed by atoms with Crippen molar-refractivity contribution in [2.24, 2.45) is 0 Å². The van der Waals surface area contributed by atoms with Crippen LogP contribution in [0.15, 0.2) is 17.5 Å². The number of aliphatic hydroxyl groups excluding tert-OH is 1. The first-order chi connectivity index (χ1) is 7.77. The van der Waals surface area contributed by atoms with Crippen LogP contribution in [0.3, 0.4) is 0 Å². The maximum Gasteiger partial charge on any atom is 0.0616 e. The lowest BCUT2D eigenvalue weighted by Gasteiger charge is -2.21. The molecule has 1 heterocycles. The molecule has 1 aromatic rings. The molecule has 0 saturated carbocycles. The Morgan fingerprint density at radius 3 is 2.94 bits per heavy atom. The minimum absolute atomic E-state index is 0.205. The van der Waals surface area contributed by atoms with E-state index >= 15 is 0 Å². The molecule has 4 heteroatoms. The molecule has 0 aliphatic rings. The van der Waals surface area contributed by atoms with Gasteiger partial charge in [0.1, 0.15) is 0 Å². The second kappa shape index (κ2) is 7.79. The van der Waals surface area contributed by atoms with Crippen LogP contribution < -0.4 is 5.32 Å². The molecule has 0 radical (unpaired) electrons. The fraction of sp³-hybridized carbons (Fsp3) is 0.667. The van der Waals surface area contributed by atoms with Crippen molar-refractivity contribution in [2.75, 3.05) is 19.8 Å². The van der Waals surface area contributed by atoms with E-state index in [9.17, 15) is 0 Å². The number of rotatable bonds is 8. The zero-order valence-corrected chi connectivity index (χ0v) is 10.8. The molecule has 2 N–H and O–H groups in total. The summed E-state index contributed by atoms with van der Waals surface area (Å²) in [5.41, 5.74) is 0. The third-order valence-electron chi connectivity index (χ3n) is 2.36. The van der Waals surface area contributed by atoms with Gasteiger partial charge in [-0.3, -0.25) is 0 Å². The Labute approximate surface area is 101 Å². The second-order valence-electron chi connectivity index (χ2n) is 3.81. The first-order valence-electron chi connectivity index (χ1n) is 5.76. The minimum Gasteiger partial charge on any atom is -0.396 e. The summed E-state index contributed by atoms with van der Waals surface area (Å²) >= 11 is 1.72. The number of nitrogens with one attached hydrogen (secondary N) is 1. The van der Waals surface area contributed by atoms with Gasteiger partial charge in [0.2, 0.25) is 0 Å². The highest BCUT2D eigenvalue weighted by Crippen LogP contribution is 2.22. The standard InChI is InChI=1S/C12H21NO2S/c1-3-15-9-10(2)13-11(6-7-14)12-5-4-8-16-12/h4-5,8,10-11,13-14H,3,6-7,9H2,1-2H3. The third-order valence-corrected chi connectivity index (χ3v) is 3.35. The van der Waals surface area contributed by atoms with E-state index in [2.05, 4.69) is 23.7 Å². The summed E-state index contributed by atoms with van der Waals surface area (Å²) in [5.74, 6) is 0. The van der Waals surface area contributed by atoms with Gasteiger partial charge < -0.3 is 15.2 Å². The Morgan fingerprint density at radius 2 is 2.38 bits per heavy atom. The van der Waals surface area contributed by atoms with Crippen molar-refractivity contribution in [1.82, 2.24) is 5.32 Å². The minimum atomic E-state index is 0.205. The maximum absolute atomic E-state index is 9.06. The van der Waals surface area contributed by atoms with Crippen LogP contribution in [0.25, 0.3) is 0 Å². The Balaban J connectivity index is 2.45. The largest absolute Gasteiger partial charge is 0.396 e. The number of aliphatic hydroxyl groups is 1. The van der Waals surface area contributed by atoms with Crippen molar-refractivity contribution < 1.29 is 9.84 Å². The fourth-order valence-electron chi connectivity index (χ4n) is 1.61. The molecule has 0 saturated heterocycles. The molecule has 0 aliphatic carbocycles. The molecule has 2 unspecified atom stereocenters. The van der Waals surface area contributed by atoms with Gasteiger partial charge in [0.15, 0.2) is 0 Å². The molecule has 1 rings (SSSR count). The number of hydrogen-bond acceptors (Lipinski definition) is 4. The summed E-state index contributed by atoms with van der Waals surface area (Å²) in [5, 5.41) is 14.6. The van der Waals surface area contributed by atoms with E-state index in [0.29, 0.717) is 12.6 Å². The highest BCUT2D eigenvalue weighted by Gasteiger charge is 2.14. The Kier molecular flexibility index (Phi) is 6.64. The first kappa shape index (κ1) is 13.6. The van der Waals surface area contributed by atoms with Crippen molar-refractivity contribution in [3.63, 3.8) is 0 Å². The summed E-state index contributed by atoms with van der Waals surface area (Å²) in [6, 6.07) is 4.68. The predicted molar refractivity (Wildman–Crippen MR) is 67.9 cm³/mol. The van der Waals surface area contributed by atoms with Crippen LogP contribution in [0.4, 0.5) is 0 Å². The van der Waals surface area contributed by atoms with E-state index in [1.54, 1.807) is 11.3 Å². The molecule has 0 aromatic carbocycles. The average Bonchev–Trinajstić information content (AvgIpc) is 2.79. The smallest absolute Gasteiger partial charge is 0.0616 e. The van der Waals surface area contributed by atoms with Crippen LogP contribution in [0.1, 0.15) is 31.2 Å². The quantitative estimate of drug-likeness (QED) is 0.735. The van der Waals surface area contributed by atoms with Gasteiger partial charge in [0.05, 0.1) is 6.61 Å². The van der Waals surface area contributed by atoms with Crippen molar-refractivity contribution >= 4 is 11.3 Å². The number of ether oxygens (including phenoxy) is 1. The molecule has 92 valence electrons. The normalized spacial score (nSPS) is 14.9. The maximum atomic E-state index is 9.06. The second-order valence-corrected chi connectivity index (χ2v) is 4.79. The monoisotopic (exact) mass is 243 g/mol. The molecule has 3 nitrogen and oxygen atoms in total. The SMILES string of the molecule is CCOCC(C)NC(CCO)c1cccs1. The summed E-state index contributed by atoms with van der Waals surface area (Å²) in [4.78, 5) is 1.28. The van der Waals surface area contributed by atoms with Crippen LogP contribution in [-0.4, -0.2) is 31.0 Å². The van der Waals surface area contributed by atoms with Gasteiger partial charge in [-0.15, -0.1) is 11.3 Å². The molecular formula is C12H21NO2S. The molecule has 0 amide bonds. The highest BCUT2D eigenvalue weighted by molar-refractivity contribution is 7.10. The zero-order chi connectivity index (χ0) is 11.8. The Hall–Kier alpha value is -0.420. The molecule has 2 atom stereocenters. The van der Waals surface area contributed by atoms with Crippen molar-refractivity contribution in [3.8, 4) is 0 Å². The van der Waals surface area contributed by atoms with E-state index in [1.807, 2.05) is 13.0 Å². The van der Waals surface area contributed by atoms with Crippen LogP contribution in [-0.2, 0) is 4.74 Å². The molecule has 0 aliphatic heterocycles. The lowest BCUT2D eigenvalue weighted by molar-refractivity contribution is 0.121. The van der Waals surface area contributed by atoms with E-state index in [1.165, 1.54) is 4.88 Å². The van der Waals surface area contributed by atoms with E-state index < -0.39 is 0 Å². The van der Waals surface area contributed by atoms with Gasteiger partial charge in [0, 0.05) is 30.2 Å². The highest BCUT2D eigenvalue weighted by atomic mass is 32.1. The topological polar surface area (TPSA) is 41.5 Å². The summed E-state index contributed by atoms with van der Waals surface area (Å²) in [7, 11) is 0. The van der Waals surface area contributed by atoms with Crippen LogP contribution in [0.5, 0.6) is 0 Å². The van der Waals surface area contributed by atoms with Crippen LogP contribution in [0.2, 0.25) is 0 Å². The molecule has 1 aromatic heterocycles. The van der Waals surface area contributed by atoms with Gasteiger partial charge in [-0.05, 0) is 31.7 Å². The molecule has 0 bridgehead atoms. The van der Waals surface area contributed by atoms with Gasteiger partial charge in [-0.1, -0.05) is 6.07 Å². The zero-order valence-electron chi connectivity index (χ0n) is 9.98. The average molecular weight is 243 g/mol. The molecule has 0 spiro atoms. The first-order valence-corrected chi connectivity index (χ1v) is 6.64. The van der Waals surface area contributed by atoms with Crippen LogP contribution in [0, 0.1) is 0 Å². The summed E-state index contributed by atoms with van der Waals surface area (Å²) < 4.78 is 5.37. The molecular weight excluding hydrogens is 222 g/mol. The molecule has 16 heavy (non-hydrogen) atoms. The van der Waals surface area contributed by atoms with Crippen molar-refractivity contribution in [3.05, 3.63) is 22.4 Å². The van der Waals surface area contributed by atoms with Gasteiger partial charge in [-0.25, -0.2) is 0 Å². The number of thiophene rings is 1. The van der Waals surface area contributed by atoms with Gasteiger partial charge >= 0.3 is 0 Å². The van der Waals surface area contributed by atoms with E-state index in [0.717, 1.165) is 13.0 Å². The van der Waals surface area contributed by atoms with Gasteiger partial charge in [0.25, 0.3) is 0 Å². The summed E-state index contributed by atoms with van der Waals surface area (Å²) in [6.45, 7) is 5.77. The molecule has 0 fully saturated rings. The predicted octanol–water partition coefficient (Wildman–Crippen LogP) is 2.19. The number of hydrogen-bond donors (Lipinski definition) is 2. The Bertz CT molecular complexity index is 264. The van der Waals surface area contributed by atoms with Gasteiger partial charge in [-0.2, -0.15) is 0 Å². The Morgan fingerprint density at radius 1 is 1.56 bits per heavy atom. The lowest BCUT2D eigenvalue weighted by atomic mass is 10.1. The van der Waals surface area contributed by atoms with Crippen molar-refractivity contribution in [1.29, 1.82) is 0 Å².